The number of carbonyl (C=O) groups excluding carboxylic acids is 1. The van der Waals surface area contributed by atoms with Crippen molar-refractivity contribution in [3.63, 3.8) is 0 Å². The lowest BCUT2D eigenvalue weighted by atomic mass is 10.0. The van der Waals surface area contributed by atoms with Gasteiger partial charge in [0.05, 0.1) is 12.8 Å². The Labute approximate surface area is 83.3 Å². The van der Waals surface area contributed by atoms with Crippen molar-refractivity contribution in [2.24, 2.45) is 0 Å². The van der Waals surface area contributed by atoms with Crippen LogP contribution < -0.4 is 9.64 Å². The average molecular weight is 190 g/mol. The maximum absolute atomic E-state index is 11.5. The van der Waals surface area contributed by atoms with E-state index in [2.05, 4.69) is 6.07 Å². The lowest BCUT2D eigenvalue weighted by molar-refractivity contribution is -0.118. The fraction of sp³-hybridized carbons (Fsp3) is 0.364. The summed E-state index contributed by atoms with van der Waals surface area (Å²) in [6.07, 6.45) is 1.36. The van der Waals surface area contributed by atoms with Crippen molar-refractivity contribution in [3.05, 3.63) is 23.8 Å². The van der Waals surface area contributed by atoms with Gasteiger partial charge in [-0.15, -0.1) is 0 Å². The molecule has 14 heavy (non-hydrogen) atoms. The summed E-state index contributed by atoms with van der Waals surface area (Å²) >= 11 is 0. The van der Waals surface area contributed by atoms with Crippen LogP contribution in [0.1, 0.15) is 12.0 Å². The summed E-state index contributed by atoms with van der Waals surface area (Å²) in [5, 5.41) is 0. The molecule has 1 aromatic carbocycles. The lowest BCUT2D eigenvalue weighted by Gasteiger charge is -2.27. The molecule has 0 bridgehead atoms. The second kappa shape index (κ2) is 3.33. The number of rotatable bonds is 1. The number of amides is 1. The van der Waals surface area contributed by atoms with Gasteiger partial charge in [-0.3, -0.25) is 4.79 Å². The number of ether oxygens (including phenoxy) is 1. The van der Waals surface area contributed by atoms with Crippen molar-refractivity contribution in [3.8, 4) is 5.75 Å². The first kappa shape index (κ1) is 9.06. The molecule has 1 radical (unpaired) electrons. The fourth-order valence-electron chi connectivity index (χ4n) is 1.77. The Morgan fingerprint density at radius 3 is 2.93 bits per heavy atom. The first-order chi connectivity index (χ1) is 6.74. The summed E-state index contributed by atoms with van der Waals surface area (Å²) in [5.74, 6) is 0.861. The molecule has 1 aliphatic rings. The molecule has 0 unspecified atom stereocenters. The van der Waals surface area contributed by atoms with Crippen LogP contribution in [0.15, 0.2) is 12.1 Å². The zero-order valence-electron chi connectivity index (χ0n) is 8.33. The predicted octanol–water partition coefficient (Wildman–Crippen LogP) is 1.40. The number of fused-ring (bicyclic) bond motifs is 1. The van der Waals surface area contributed by atoms with Gasteiger partial charge in [-0.25, -0.2) is 0 Å². The van der Waals surface area contributed by atoms with Crippen LogP contribution in [0.2, 0.25) is 0 Å². The van der Waals surface area contributed by atoms with Gasteiger partial charge < -0.3 is 9.64 Å². The summed E-state index contributed by atoms with van der Waals surface area (Å²) in [5.41, 5.74) is 2.02. The van der Waals surface area contributed by atoms with Crippen molar-refractivity contribution in [1.82, 2.24) is 0 Å². The Balaban J connectivity index is 2.55. The predicted molar refractivity (Wildman–Crippen MR) is 53.6 cm³/mol. The van der Waals surface area contributed by atoms with Crippen LogP contribution in [0.3, 0.4) is 0 Å². The van der Waals surface area contributed by atoms with E-state index in [1.54, 1.807) is 25.1 Å². The van der Waals surface area contributed by atoms with Crippen LogP contribution in [-0.2, 0) is 11.2 Å². The molecule has 3 heteroatoms. The average Bonchev–Trinajstić information content (AvgIpc) is 2.23. The number of nitrogens with zero attached hydrogens (tertiary/aromatic N) is 1. The molecule has 1 amide bonds. The summed E-state index contributed by atoms with van der Waals surface area (Å²) in [7, 11) is 3.39. The molecule has 0 aromatic heterocycles. The van der Waals surface area contributed by atoms with Crippen LogP contribution in [0, 0.1) is 6.07 Å². The molecule has 0 spiro atoms. The number of aryl methyl sites for hydroxylation is 1. The fourth-order valence-corrected chi connectivity index (χ4v) is 1.77. The molecule has 1 aromatic rings. The van der Waals surface area contributed by atoms with Crippen LogP contribution in [0.5, 0.6) is 5.75 Å². The number of hydrogen-bond acceptors (Lipinski definition) is 2. The minimum absolute atomic E-state index is 0.141. The number of anilines is 1. The van der Waals surface area contributed by atoms with E-state index in [-0.39, 0.29) is 5.91 Å². The maximum atomic E-state index is 11.5. The highest BCUT2D eigenvalue weighted by atomic mass is 16.5. The lowest BCUT2D eigenvalue weighted by Crippen LogP contribution is -2.31. The van der Waals surface area contributed by atoms with E-state index in [9.17, 15) is 4.79 Å². The van der Waals surface area contributed by atoms with Crippen molar-refractivity contribution in [2.45, 2.75) is 12.8 Å². The molecule has 2 rings (SSSR count). The minimum atomic E-state index is 0.141. The molecule has 0 saturated carbocycles. The van der Waals surface area contributed by atoms with Gasteiger partial charge in [0.1, 0.15) is 5.75 Å². The Kier molecular flexibility index (Phi) is 2.15. The first-order valence-electron chi connectivity index (χ1n) is 4.57. The second-order valence-electron chi connectivity index (χ2n) is 3.35. The third kappa shape index (κ3) is 1.25. The van der Waals surface area contributed by atoms with Crippen molar-refractivity contribution < 1.29 is 9.53 Å². The minimum Gasteiger partial charge on any atom is -0.495 e. The van der Waals surface area contributed by atoms with Gasteiger partial charge in [-0.05, 0) is 30.2 Å². The van der Waals surface area contributed by atoms with Gasteiger partial charge in [0, 0.05) is 13.5 Å². The van der Waals surface area contributed by atoms with E-state index in [4.69, 9.17) is 4.74 Å². The Bertz CT molecular complexity index is 359. The van der Waals surface area contributed by atoms with E-state index in [1.807, 2.05) is 6.07 Å². The Morgan fingerprint density at radius 2 is 2.21 bits per heavy atom. The van der Waals surface area contributed by atoms with Crippen molar-refractivity contribution in [2.75, 3.05) is 19.1 Å². The molecular weight excluding hydrogens is 178 g/mol. The highest BCUT2D eigenvalue weighted by Crippen LogP contribution is 2.35. The summed E-state index contributed by atoms with van der Waals surface area (Å²) in [6, 6.07) is 6.69. The molecule has 0 fully saturated rings. The van der Waals surface area contributed by atoms with E-state index < -0.39 is 0 Å². The van der Waals surface area contributed by atoms with E-state index in [1.165, 1.54) is 0 Å². The smallest absolute Gasteiger partial charge is 0.227 e. The standard InChI is InChI=1S/C11H12NO2/c1-12-10(13)7-6-8-4-3-5-9(14-2)11(8)12/h4-5H,6-7H2,1-2H3. The molecule has 73 valence electrons. The highest BCUT2D eigenvalue weighted by Gasteiger charge is 2.23. The summed E-state index contributed by atoms with van der Waals surface area (Å²) in [4.78, 5) is 13.1. The molecule has 1 aliphatic heterocycles. The molecule has 1 heterocycles. The van der Waals surface area contributed by atoms with Gasteiger partial charge in [0.2, 0.25) is 5.91 Å². The molecule has 3 nitrogen and oxygen atoms in total. The first-order valence-corrected chi connectivity index (χ1v) is 4.57. The zero-order valence-corrected chi connectivity index (χ0v) is 8.33. The van der Waals surface area contributed by atoms with Gasteiger partial charge in [0.25, 0.3) is 0 Å². The number of benzene rings is 1. The number of carbonyl (C=O) groups is 1. The maximum Gasteiger partial charge on any atom is 0.227 e. The molecule has 0 saturated heterocycles. The van der Waals surface area contributed by atoms with Gasteiger partial charge in [-0.1, -0.05) is 0 Å². The van der Waals surface area contributed by atoms with Crippen LogP contribution in [-0.4, -0.2) is 20.1 Å². The molecule has 0 aliphatic carbocycles. The quantitative estimate of drug-likeness (QED) is 0.670. The van der Waals surface area contributed by atoms with E-state index in [0.29, 0.717) is 6.42 Å². The topological polar surface area (TPSA) is 29.5 Å². The van der Waals surface area contributed by atoms with Crippen LogP contribution in [0.4, 0.5) is 5.69 Å². The molecular formula is C11H12NO2. The van der Waals surface area contributed by atoms with Crippen molar-refractivity contribution >= 4 is 11.6 Å². The highest BCUT2D eigenvalue weighted by molar-refractivity contribution is 5.97. The third-order valence-electron chi connectivity index (χ3n) is 2.55. The van der Waals surface area contributed by atoms with Gasteiger partial charge in [0.15, 0.2) is 0 Å². The molecule has 0 atom stereocenters. The monoisotopic (exact) mass is 190 g/mol. The van der Waals surface area contributed by atoms with Crippen LogP contribution >= 0.6 is 0 Å². The Morgan fingerprint density at radius 1 is 1.43 bits per heavy atom. The second-order valence-corrected chi connectivity index (χ2v) is 3.35. The van der Waals surface area contributed by atoms with E-state index >= 15 is 0 Å². The summed E-state index contributed by atoms with van der Waals surface area (Å²) in [6.45, 7) is 0. The van der Waals surface area contributed by atoms with E-state index in [0.717, 1.165) is 23.4 Å². The number of methoxy groups -OCH3 is 1. The third-order valence-corrected chi connectivity index (χ3v) is 2.55. The summed E-state index contributed by atoms with van der Waals surface area (Å²) < 4.78 is 5.21. The van der Waals surface area contributed by atoms with Gasteiger partial charge in [-0.2, -0.15) is 0 Å². The van der Waals surface area contributed by atoms with Gasteiger partial charge >= 0.3 is 0 Å². The number of hydrogen-bond donors (Lipinski definition) is 0. The Hall–Kier alpha value is -1.51. The van der Waals surface area contributed by atoms with Crippen LogP contribution in [0.25, 0.3) is 0 Å². The SMILES string of the molecule is COc1c[c]cc2c1N(C)C(=O)CC2. The largest absolute Gasteiger partial charge is 0.495 e. The zero-order chi connectivity index (χ0) is 10.1. The normalized spacial score (nSPS) is 15.3. The van der Waals surface area contributed by atoms with Crippen molar-refractivity contribution in [1.29, 1.82) is 0 Å². The molecule has 0 N–H and O–H groups in total.